The van der Waals surface area contributed by atoms with Gasteiger partial charge in [-0.25, -0.2) is 8.42 Å². The first kappa shape index (κ1) is 13.5. The highest BCUT2D eigenvalue weighted by Gasteiger charge is 2.34. The van der Waals surface area contributed by atoms with Crippen LogP contribution >= 0.6 is 0 Å². The van der Waals surface area contributed by atoms with Gasteiger partial charge in [0.1, 0.15) is 0 Å². The van der Waals surface area contributed by atoms with Gasteiger partial charge < -0.3 is 10.2 Å². The molecule has 2 rings (SSSR count). The molecule has 0 amide bonds. The van der Waals surface area contributed by atoms with Crippen molar-refractivity contribution >= 4 is 9.84 Å². The zero-order chi connectivity index (χ0) is 13.3. The van der Waals surface area contributed by atoms with Gasteiger partial charge in [0, 0.05) is 18.6 Å². The van der Waals surface area contributed by atoms with Crippen molar-refractivity contribution in [3.05, 3.63) is 29.8 Å². The van der Waals surface area contributed by atoms with Crippen LogP contribution in [0.4, 0.5) is 0 Å². The Labute approximate surface area is 109 Å². The van der Waals surface area contributed by atoms with Crippen LogP contribution in [0.5, 0.6) is 0 Å². The monoisotopic (exact) mass is 268 g/mol. The van der Waals surface area contributed by atoms with Crippen molar-refractivity contribution < 1.29 is 8.42 Å². The van der Waals surface area contributed by atoms with Gasteiger partial charge in [0.2, 0.25) is 0 Å². The third-order valence-corrected chi connectivity index (χ3v) is 5.37. The predicted molar refractivity (Wildman–Crippen MR) is 72.4 cm³/mol. The molecule has 18 heavy (non-hydrogen) atoms. The Morgan fingerprint density at radius 2 is 2.06 bits per heavy atom. The molecule has 0 aromatic heterocycles. The Kier molecular flexibility index (Phi) is 3.75. The molecular weight excluding hydrogens is 248 g/mol. The molecule has 0 fully saturated rings. The minimum atomic E-state index is -3.10. The summed E-state index contributed by atoms with van der Waals surface area (Å²) in [6.07, 6.45) is 0. The number of hydrogen-bond acceptors (Lipinski definition) is 4. The van der Waals surface area contributed by atoms with E-state index in [0.29, 0.717) is 10.9 Å². The molecule has 2 atom stereocenters. The van der Waals surface area contributed by atoms with Gasteiger partial charge in [-0.2, -0.15) is 0 Å². The van der Waals surface area contributed by atoms with Crippen LogP contribution in [0.25, 0.3) is 0 Å². The van der Waals surface area contributed by atoms with Crippen LogP contribution in [0.15, 0.2) is 29.2 Å². The number of hydrogen-bond donors (Lipinski definition) is 1. The van der Waals surface area contributed by atoms with E-state index < -0.39 is 9.84 Å². The first-order chi connectivity index (χ1) is 8.42. The molecule has 4 nitrogen and oxygen atoms in total. The van der Waals surface area contributed by atoms with Crippen molar-refractivity contribution in [3.63, 3.8) is 0 Å². The Hall–Kier alpha value is -0.910. The van der Waals surface area contributed by atoms with E-state index in [0.717, 1.165) is 12.1 Å². The minimum Gasteiger partial charge on any atom is -0.307 e. The molecule has 0 spiro atoms. The quantitative estimate of drug-likeness (QED) is 0.887. The fourth-order valence-corrected chi connectivity index (χ4v) is 3.89. The summed E-state index contributed by atoms with van der Waals surface area (Å²) in [5, 5.41) is 3.35. The fraction of sp³-hybridized carbons (Fsp3) is 0.538. The molecular formula is C13H20N2O2S. The van der Waals surface area contributed by atoms with Crippen LogP contribution in [-0.2, 0) is 9.84 Å². The molecule has 1 N–H and O–H groups in total. The van der Waals surface area contributed by atoms with E-state index in [4.69, 9.17) is 0 Å². The van der Waals surface area contributed by atoms with E-state index in [1.54, 1.807) is 12.1 Å². The smallest absolute Gasteiger partial charge is 0.180 e. The van der Waals surface area contributed by atoms with Crippen molar-refractivity contribution in [2.24, 2.45) is 0 Å². The first-order valence-electron chi connectivity index (χ1n) is 6.13. The summed E-state index contributed by atoms with van der Waals surface area (Å²) in [5.74, 6) is 0.173. The molecule has 5 heteroatoms. The Morgan fingerprint density at radius 3 is 2.72 bits per heavy atom. The van der Waals surface area contributed by atoms with Gasteiger partial charge >= 0.3 is 0 Å². The van der Waals surface area contributed by atoms with Crippen LogP contribution in [0.2, 0.25) is 0 Å². The maximum atomic E-state index is 12.0. The van der Waals surface area contributed by atoms with Crippen molar-refractivity contribution in [2.75, 3.05) is 26.4 Å². The number of benzene rings is 1. The summed E-state index contributed by atoms with van der Waals surface area (Å²) >= 11 is 0. The second kappa shape index (κ2) is 4.99. The van der Waals surface area contributed by atoms with Gasteiger partial charge in [0.15, 0.2) is 9.84 Å². The highest BCUT2D eigenvalue weighted by Crippen LogP contribution is 2.32. The number of nitrogens with zero attached hydrogens (tertiary/aromatic N) is 1. The summed E-state index contributed by atoms with van der Waals surface area (Å²) in [5.41, 5.74) is 0.906. The number of likely N-dealkylation sites (N-methyl/N-ethyl adjacent to an activating group) is 1. The third-order valence-electron chi connectivity index (χ3n) is 3.56. The summed E-state index contributed by atoms with van der Waals surface area (Å²) in [6, 6.07) is 7.57. The van der Waals surface area contributed by atoms with Crippen molar-refractivity contribution in [1.29, 1.82) is 0 Å². The lowest BCUT2D eigenvalue weighted by molar-refractivity contribution is 0.296. The topological polar surface area (TPSA) is 49.4 Å². The van der Waals surface area contributed by atoms with E-state index in [1.165, 1.54) is 0 Å². The average Bonchev–Trinajstić information content (AvgIpc) is 2.59. The molecule has 1 aliphatic rings. The largest absolute Gasteiger partial charge is 0.307 e. The molecule has 0 saturated heterocycles. The normalized spacial score (nSPS) is 23.0. The van der Waals surface area contributed by atoms with E-state index >= 15 is 0 Å². The number of fused-ring (bicyclic) bond motifs is 1. The molecule has 2 unspecified atom stereocenters. The molecule has 1 aliphatic heterocycles. The lowest BCUT2D eigenvalue weighted by atomic mass is 10.1. The summed E-state index contributed by atoms with van der Waals surface area (Å²) < 4.78 is 24.0. The SMILES string of the molecule is CC(CNC1CS(=O)(=O)c2ccccc21)N(C)C. The van der Waals surface area contributed by atoms with Crippen LogP contribution in [0.1, 0.15) is 18.5 Å². The molecule has 0 bridgehead atoms. The van der Waals surface area contributed by atoms with E-state index in [-0.39, 0.29) is 11.8 Å². The van der Waals surface area contributed by atoms with Gasteiger partial charge in [-0.3, -0.25) is 0 Å². The maximum absolute atomic E-state index is 12.0. The van der Waals surface area contributed by atoms with Crippen LogP contribution in [0.3, 0.4) is 0 Å². The minimum absolute atomic E-state index is 0.0754. The van der Waals surface area contributed by atoms with Gasteiger partial charge in [0.25, 0.3) is 0 Å². The lowest BCUT2D eigenvalue weighted by Crippen LogP contribution is -2.37. The standard InChI is InChI=1S/C13H20N2O2S/c1-10(15(2)3)8-14-12-9-18(16,17)13-7-5-4-6-11(12)13/h4-7,10,12,14H,8-9H2,1-3H3. The fourth-order valence-electron chi connectivity index (χ4n) is 2.11. The first-order valence-corrected chi connectivity index (χ1v) is 7.78. The summed E-state index contributed by atoms with van der Waals surface area (Å²) in [7, 11) is 0.940. The highest BCUT2D eigenvalue weighted by atomic mass is 32.2. The molecule has 0 radical (unpaired) electrons. The summed E-state index contributed by atoms with van der Waals surface area (Å²) in [6.45, 7) is 2.89. The number of nitrogens with one attached hydrogen (secondary N) is 1. The summed E-state index contributed by atoms with van der Waals surface area (Å²) in [4.78, 5) is 2.60. The molecule has 0 aliphatic carbocycles. The van der Waals surface area contributed by atoms with Gasteiger partial charge in [0.05, 0.1) is 10.6 Å². The molecule has 100 valence electrons. The van der Waals surface area contributed by atoms with Gasteiger partial charge in [-0.05, 0) is 32.6 Å². The molecule has 1 aromatic rings. The third kappa shape index (κ3) is 2.58. The van der Waals surface area contributed by atoms with E-state index in [2.05, 4.69) is 17.1 Å². The van der Waals surface area contributed by atoms with Gasteiger partial charge in [-0.15, -0.1) is 0 Å². The van der Waals surface area contributed by atoms with Crippen molar-refractivity contribution in [2.45, 2.75) is 23.9 Å². The highest BCUT2D eigenvalue weighted by molar-refractivity contribution is 7.91. The van der Waals surface area contributed by atoms with Crippen LogP contribution in [-0.4, -0.2) is 45.8 Å². The van der Waals surface area contributed by atoms with Crippen molar-refractivity contribution in [3.8, 4) is 0 Å². The number of rotatable bonds is 4. The van der Waals surface area contributed by atoms with Crippen LogP contribution < -0.4 is 5.32 Å². The Balaban J connectivity index is 2.14. The van der Waals surface area contributed by atoms with E-state index in [9.17, 15) is 8.42 Å². The lowest BCUT2D eigenvalue weighted by Gasteiger charge is -2.22. The Morgan fingerprint density at radius 1 is 1.39 bits per heavy atom. The second-order valence-electron chi connectivity index (χ2n) is 5.09. The molecule has 1 aromatic carbocycles. The molecule has 1 heterocycles. The average molecular weight is 268 g/mol. The zero-order valence-corrected chi connectivity index (χ0v) is 11.9. The molecule has 0 saturated carbocycles. The zero-order valence-electron chi connectivity index (χ0n) is 11.1. The van der Waals surface area contributed by atoms with Crippen molar-refractivity contribution in [1.82, 2.24) is 10.2 Å². The predicted octanol–water partition coefficient (Wildman–Crippen LogP) is 1.05. The maximum Gasteiger partial charge on any atom is 0.180 e. The Bertz CT molecular complexity index is 526. The van der Waals surface area contributed by atoms with Crippen LogP contribution in [0, 0.1) is 0 Å². The second-order valence-corrected chi connectivity index (χ2v) is 7.10. The van der Waals surface area contributed by atoms with E-state index in [1.807, 2.05) is 26.2 Å². The number of sulfone groups is 1. The van der Waals surface area contributed by atoms with Gasteiger partial charge in [-0.1, -0.05) is 18.2 Å².